The number of rotatable bonds is 12. The van der Waals surface area contributed by atoms with Crippen molar-refractivity contribution < 1.29 is 27.1 Å². The Labute approximate surface area is 239 Å². The van der Waals surface area contributed by atoms with Crippen LogP contribution in [0.4, 0.5) is 10.1 Å². The van der Waals surface area contributed by atoms with Crippen LogP contribution in [-0.2, 0) is 26.2 Å². The van der Waals surface area contributed by atoms with E-state index >= 15 is 0 Å². The zero-order chi connectivity index (χ0) is 29.4. The minimum absolute atomic E-state index is 0.0415. The molecule has 0 unspecified atom stereocenters. The third-order valence-corrected chi connectivity index (χ3v) is 8.16. The zero-order valence-corrected chi connectivity index (χ0v) is 24.4. The summed E-state index contributed by atoms with van der Waals surface area (Å²) in [5, 5.41) is 3.36. The molecular weight excluding hydrogens is 557 g/mol. The molecule has 11 heteroatoms. The first-order chi connectivity index (χ1) is 19.0. The number of halogens is 2. The van der Waals surface area contributed by atoms with Crippen LogP contribution in [0.25, 0.3) is 0 Å². The Balaban J connectivity index is 2.05. The van der Waals surface area contributed by atoms with Crippen LogP contribution in [0.1, 0.15) is 32.8 Å². The molecule has 0 radical (unpaired) electrons. The lowest BCUT2D eigenvalue weighted by Crippen LogP contribution is -2.53. The second kappa shape index (κ2) is 13.6. The quantitative estimate of drug-likeness (QED) is 0.320. The molecule has 0 saturated heterocycles. The van der Waals surface area contributed by atoms with E-state index in [-0.39, 0.29) is 29.1 Å². The maximum atomic E-state index is 14.0. The SMILES string of the molecule is CC[C@H](C(=O)NC(C)C)N(Cc1ccc(Cl)cc1)C(=O)CN(c1ccc(F)cc1)S(=O)(=O)c1ccc(OC)cc1. The molecule has 40 heavy (non-hydrogen) atoms. The van der Waals surface area contributed by atoms with Gasteiger partial charge < -0.3 is 15.0 Å². The van der Waals surface area contributed by atoms with Gasteiger partial charge in [-0.2, -0.15) is 0 Å². The Morgan fingerprint density at radius 1 is 0.975 bits per heavy atom. The van der Waals surface area contributed by atoms with Gasteiger partial charge in [0, 0.05) is 17.6 Å². The van der Waals surface area contributed by atoms with E-state index in [0.717, 1.165) is 16.4 Å². The van der Waals surface area contributed by atoms with Gasteiger partial charge in [-0.25, -0.2) is 12.8 Å². The molecule has 1 atom stereocenters. The number of nitrogens with one attached hydrogen (secondary N) is 1. The Bertz CT molecular complexity index is 1400. The molecule has 0 spiro atoms. The smallest absolute Gasteiger partial charge is 0.264 e. The number of nitrogens with zero attached hydrogens (tertiary/aromatic N) is 2. The van der Waals surface area contributed by atoms with Crippen molar-refractivity contribution in [2.24, 2.45) is 0 Å². The molecule has 0 aliphatic heterocycles. The largest absolute Gasteiger partial charge is 0.497 e. The van der Waals surface area contributed by atoms with Crippen LogP contribution in [0.5, 0.6) is 5.75 Å². The molecule has 3 aromatic carbocycles. The highest BCUT2D eigenvalue weighted by molar-refractivity contribution is 7.92. The van der Waals surface area contributed by atoms with Crippen LogP contribution in [0.3, 0.4) is 0 Å². The van der Waals surface area contributed by atoms with E-state index < -0.39 is 34.3 Å². The van der Waals surface area contributed by atoms with Crippen molar-refractivity contribution in [2.45, 2.75) is 50.7 Å². The Morgan fingerprint density at radius 2 is 1.57 bits per heavy atom. The Hall–Kier alpha value is -3.63. The number of anilines is 1. The predicted molar refractivity (Wildman–Crippen MR) is 153 cm³/mol. The summed E-state index contributed by atoms with van der Waals surface area (Å²) in [7, 11) is -2.82. The molecule has 0 saturated carbocycles. The molecule has 1 N–H and O–H groups in total. The minimum Gasteiger partial charge on any atom is -0.497 e. The van der Waals surface area contributed by atoms with Gasteiger partial charge in [0.2, 0.25) is 11.8 Å². The standard InChI is InChI=1S/C29H33ClFN3O5S/c1-5-27(29(36)32-20(2)3)33(18-21-6-8-22(30)9-7-21)28(35)19-34(24-12-10-23(31)11-13-24)40(37,38)26-16-14-25(39-4)15-17-26/h6-17,20,27H,5,18-19H2,1-4H3,(H,32,36)/t27-/m1/s1. The molecule has 0 bridgehead atoms. The molecule has 0 aromatic heterocycles. The predicted octanol–water partition coefficient (Wildman–Crippen LogP) is 5.02. The number of carbonyl (C=O) groups excluding carboxylic acids is 2. The van der Waals surface area contributed by atoms with Gasteiger partial charge in [0.1, 0.15) is 24.2 Å². The van der Waals surface area contributed by atoms with Crippen molar-refractivity contribution in [3.63, 3.8) is 0 Å². The number of amides is 2. The maximum absolute atomic E-state index is 14.0. The molecule has 2 amide bonds. The molecule has 0 aliphatic carbocycles. The number of sulfonamides is 1. The molecule has 214 valence electrons. The van der Waals surface area contributed by atoms with E-state index in [9.17, 15) is 22.4 Å². The molecule has 8 nitrogen and oxygen atoms in total. The summed E-state index contributed by atoms with van der Waals surface area (Å²) in [5.74, 6) is -1.06. The highest BCUT2D eigenvalue weighted by atomic mass is 35.5. The summed E-state index contributed by atoms with van der Waals surface area (Å²) in [4.78, 5) is 28.4. The minimum atomic E-state index is -4.28. The fraction of sp³-hybridized carbons (Fsp3) is 0.310. The second-order valence-electron chi connectivity index (χ2n) is 9.40. The van der Waals surface area contributed by atoms with E-state index in [2.05, 4.69) is 5.32 Å². The average molecular weight is 590 g/mol. The highest BCUT2D eigenvalue weighted by Gasteiger charge is 2.34. The number of benzene rings is 3. The number of carbonyl (C=O) groups is 2. The summed E-state index contributed by atoms with van der Waals surface area (Å²) in [6.45, 7) is 4.82. The van der Waals surface area contributed by atoms with Gasteiger partial charge in [-0.3, -0.25) is 13.9 Å². The van der Waals surface area contributed by atoms with Gasteiger partial charge in [-0.1, -0.05) is 30.7 Å². The first kappa shape index (κ1) is 30.9. The summed E-state index contributed by atoms with van der Waals surface area (Å²) < 4.78 is 47.4. The van der Waals surface area contributed by atoms with Gasteiger partial charge in [-0.05, 0) is 86.5 Å². The molecule has 0 heterocycles. The van der Waals surface area contributed by atoms with Gasteiger partial charge in [-0.15, -0.1) is 0 Å². The first-order valence-electron chi connectivity index (χ1n) is 12.7. The van der Waals surface area contributed by atoms with E-state index in [4.69, 9.17) is 16.3 Å². The highest BCUT2D eigenvalue weighted by Crippen LogP contribution is 2.26. The number of hydrogen-bond donors (Lipinski definition) is 1. The van der Waals surface area contributed by atoms with E-state index in [1.165, 1.54) is 48.4 Å². The van der Waals surface area contributed by atoms with Crippen LogP contribution in [-0.4, -0.2) is 50.9 Å². The zero-order valence-electron chi connectivity index (χ0n) is 22.8. The van der Waals surface area contributed by atoms with E-state index in [1.54, 1.807) is 31.2 Å². The third-order valence-electron chi connectivity index (χ3n) is 6.12. The summed E-state index contributed by atoms with van der Waals surface area (Å²) in [6.07, 6.45) is 0.291. The van der Waals surface area contributed by atoms with Gasteiger partial charge in [0.15, 0.2) is 0 Å². The lowest BCUT2D eigenvalue weighted by molar-refractivity contribution is -0.140. The van der Waals surface area contributed by atoms with Crippen molar-refractivity contribution in [3.05, 3.63) is 89.2 Å². The maximum Gasteiger partial charge on any atom is 0.264 e. The topological polar surface area (TPSA) is 96.0 Å². The Morgan fingerprint density at radius 3 is 2.10 bits per heavy atom. The molecular formula is C29H33ClFN3O5S. The summed E-state index contributed by atoms with van der Waals surface area (Å²) >= 11 is 6.03. The van der Waals surface area contributed by atoms with Crippen molar-refractivity contribution in [2.75, 3.05) is 18.0 Å². The molecule has 3 aromatic rings. The van der Waals surface area contributed by atoms with Crippen molar-refractivity contribution in [1.29, 1.82) is 0 Å². The lowest BCUT2D eigenvalue weighted by atomic mass is 10.1. The molecule has 0 fully saturated rings. The third kappa shape index (κ3) is 7.73. The molecule has 0 aliphatic rings. The first-order valence-corrected chi connectivity index (χ1v) is 14.5. The fourth-order valence-corrected chi connectivity index (χ4v) is 5.64. The normalized spacial score (nSPS) is 12.1. The van der Waals surface area contributed by atoms with Crippen molar-refractivity contribution in [1.82, 2.24) is 10.2 Å². The van der Waals surface area contributed by atoms with Crippen molar-refractivity contribution in [3.8, 4) is 5.75 Å². The van der Waals surface area contributed by atoms with Gasteiger partial charge in [0.25, 0.3) is 10.0 Å². The van der Waals surface area contributed by atoms with Crippen LogP contribution in [0, 0.1) is 5.82 Å². The van der Waals surface area contributed by atoms with Crippen LogP contribution >= 0.6 is 11.6 Å². The Kier molecular flexibility index (Phi) is 10.5. The second-order valence-corrected chi connectivity index (χ2v) is 11.7. The summed E-state index contributed by atoms with van der Waals surface area (Å²) in [5.41, 5.74) is 0.802. The summed E-state index contributed by atoms with van der Waals surface area (Å²) in [6, 6.07) is 16.3. The van der Waals surface area contributed by atoms with Gasteiger partial charge in [0.05, 0.1) is 17.7 Å². The van der Waals surface area contributed by atoms with E-state index in [1.807, 2.05) is 13.8 Å². The number of hydrogen-bond acceptors (Lipinski definition) is 5. The van der Waals surface area contributed by atoms with Crippen molar-refractivity contribution >= 4 is 39.1 Å². The average Bonchev–Trinajstić information content (AvgIpc) is 2.92. The fourth-order valence-electron chi connectivity index (χ4n) is 4.10. The van der Waals surface area contributed by atoms with Gasteiger partial charge >= 0.3 is 0 Å². The number of methoxy groups -OCH3 is 1. The molecule has 3 rings (SSSR count). The van der Waals surface area contributed by atoms with E-state index in [0.29, 0.717) is 22.8 Å². The number of ether oxygens (including phenoxy) is 1. The van der Waals surface area contributed by atoms with Crippen LogP contribution in [0.15, 0.2) is 77.7 Å². The van der Waals surface area contributed by atoms with Crippen LogP contribution in [0.2, 0.25) is 5.02 Å². The lowest BCUT2D eigenvalue weighted by Gasteiger charge is -2.33. The van der Waals surface area contributed by atoms with Crippen LogP contribution < -0.4 is 14.4 Å². The monoisotopic (exact) mass is 589 g/mol.